The third-order valence-corrected chi connectivity index (χ3v) is 5.20. The molecule has 2 aromatic rings. The topological polar surface area (TPSA) is 64.3 Å². The number of piperidine rings is 1. The lowest BCUT2D eigenvalue weighted by atomic mass is 9.98. The predicted octanol–water partition coefficient (Wildman–Crippen LogP) is 2.40. The van der Waals surface area contributed by atoms with Crippen molar-refractivity contribution in [2.45, 2.75) is 17.9 Å². The zero-order valence-corrected chi connectivity index (χ0v) is 14.4. The van der Waals surface area contributed by atoms with Gasteiger partial charge in [-0.2, -0.15) is 0 Å². The zero-order valence-electron chi connectivity index (χ0n) is 13.6. The van der Waals surface area contributed by atoms with Crippen molar-refractivity contribution in [3.63, 3.8) is 0 Å². The first-order valence-electron chi connectivity index (χ1n) is 8.14. The number of benzene rings is 1. The number of hydrogen-bond acceptors (Lipinski definition) is 6. The number of methoxy groups -OCH3 is 1. The SMILES string of the molecule is COc1ccc2ncc(SCCN3CCCC(CN)C3)nc2c1. The van der Waals surface area contributed by atoms with Crippen LogP contribution in [0, 0.1) is 5.92 Å². The van der Waals surface area contributed by atoms with Crippen LogP contribution >= 0.6 is 11.8 Å². The maximum Gasteiger partial charge on any atom is 0.121 e. The molecule has 3 rings (SSSR count). The summed E-state index contributed by atoms with van der Waals surface area (Å²) in [6, 6.07) is 5.78. The fraction of sp³-hybridized carbons (Fsp3) is 0.529. The summed E-state index contributed by atoms with van der Waals surface area (Å²) >= 11 is 1.76. The van der Waals surface area contributed by atoms with E-state index >= 15 is 0 Å². The Balaban J connectivity index is 1.56. The van der Waals surface area contributed by atoms with Crippen LogP contribution in [0.3, 0.4) is 0 Å². The maximum atomic E-state index is 5.80. The summed E-state index contributed by atoms with van der Waals surface area (Å²) < 4.78 is 5.25. The lowest BCUT2D eigenvalue weighted by Crippen LogP contribution is -2.39. The highest BCUT2D eigenvalue weighted by atomic mass is 32.2. The van der Waals surface area contributed by atoms with Gasteiger partial charge in [-0.05, 0) is 44.0 Å². The highest BCUT2D eigenvalue weighted by molar-refractivity contribution is 7.99. The van der Waals surface area contributed by atoms with E-state index in [0.717, 1.165) is 47.2 Å². The molecule has 0 amide bonds. The third kappa shape index (κ3) is 4.34. The van der Waals surface area contributed by atoms with Gasteiger partial charge in [0.25, 0.3) is 0 Å². The number of thioether (sulfide) groups is 1. The van der Waals surface area contributed by atoms with E-state index in [-0.39, 0.29) is 0 Å². The molecule has 1 unspecified atom stereocenters. The molecule has 0 aliphatic carbocycles. The second-order valence-electron chi connectivity index (χ2n) is 5.96. The highest BCUT2D eigenvalue weighted by Gasteiger charge is 2.18. The largest absolute Gasteiger partial charge is 0.497 e. The molecule has 0 saturated carbocycles. The molecule has 0 bridgehead atoms. The molecule has 1 aliphatic heterocycles. The second-order valence-corrected chi connectivity index (χ2v) is 7.07. The first kappa shape index (κ1) is 16.5. The number of hydrogen-bond donors (Lipinski definition) is 1. The Morgan fingerprint density at radius 3 is 3.13 bits per heavy atom. The average molecular weight is 332 g/mol. The van der Waals surface area contributed by atoms with Crippen molar-refractivity contribution in [2.75, 3.05) is 39.0 Å². The molecule has 1 fully saturated rings. The molecule has 0 radical (unpaired) electrons. The minimum Gasteiger partial charge on any atom is -0.497 e. The van der Waals surface area contributed by atoms with E-state index in [9.17, 15) is 0 Å². The third-order valence-electron chi connectivity index (χ3n) is 4.32. The Hall–Kier alpha value is -1.37. The summed E-state index contributed by atoms with van der Waals surface area (Å²) in [6.45, 7) is 4.22. The van der Waals surface area contributed by atoms with E-state index in [1.54, 1.807) is 18.9 Å². The van der Waals surface area contributed by atoms with Crippen LogP contribution in [0.5, 0.6) is 5.75 Å². The van der Waals surface area contributed by atoms with Crippen molar-refractivity contribution in [2.24, 2.45) is 11.7 Å². The van der Waals surface area contributed by atoms with Crippen LogP contribution in [0.1, 0.15) is 12.8 Å². The monoisotopic (exact) mass is 332 g/mol. The zero-order chi connectivity index (χ0) is 16.1. The Morgan fingerprint density at radius 1 is 1.39 bits per heavy atom. The second kappa shape index (κ2) is 7.95. The van der Waals surface area contributed by atoms with Crippen LogP contribution in [-0.4, -0.2) is 53.9 Å². The maximum absolute atomic E-state index is 5.80. The van der Waals surface area contributed by atoms with Crippen molar-refractivity contribution in [3.05, 3.63) is 24.4 Å². The lowest BCUT2D eigenvalue weighted by Gasteiger charge is -2.31. The number of nitrogens with zero attached hydrogens (tertiary/aromatic N) is 3. The predicted molar refractivity (Wildman–Crippen MR) is 95.0 cm³/mol. The van der Waals surface area contributed by atoms with E-state index in [1.807, 2.05) is 24.4 Å². The standard InChI is InChI=1S/C17H24N4OS/c1-22-14-4-5-15-16(9-14)20-17(11-19-15)23-8-7-21-6-2-3-13(10-18)12-21/h4-5,9,11,13H,2-3,6-8,10,12,18H2,1H3. The van der Waals surface area contributed by atoms with E-state index in [1.165, 1.54) is 19.4 Å². The van der Waals surface area contributed by atoms with Crippen molar-refractivity contribution >= 4 is 22.8 Å². The summed E-state index contributed by atoms with van der Waals surface area (Å²) in [5.74, 6) is 2.51. The smallest absolute Gasteiger partial charge is 0.121 e. The van der Waals surface area contributed by atoms with Crippen LogP contribution in [0.15, 0.2) is 29.4 Å². The van der Waals surface area contributed by atoms with Crippen LogP contribution in [0.25, 0.3) is 11.0 Å². The van der Waals surface area contributed by atoms with Gasteiger partial charge in [0, 0.05) is 24.9 Å². The van der Waals surface area contributed by atoms with Gasteiger partial charge in [0.05, 0.1) is 24.3 Å². The molecule has 124 valence electrons. The van der Waals surface area contributed by atoms with Crippen LogP contribution in [-0.2, 0) is 0 Å². The van der Waals surface area contributed by atoms with Gasteiger partial charge in [-0.1, -0.05) is 0 Å². The number of likely N-dealkylation sites (tertiary alicyclic amines) is 1. The van der Waals surface area contributed by atoms with Gasteiger partial charge in [0.15, 0.2) is 0 Å². The molecule has 0 spiro atoms. The summed E-state index contributed by atoms with van der Waals surface area (Å²) in [6.07, 6.45) is 4.40. The molecule has 23 heavy (non-hydrogen) atoms. The summed E-state index contributed by atoms with van der Waals surface area (Å²) in [5, 5.41) is 0.970. The fourth-order valence-electron chi connectivity index (χ4n) is 3.00. The molecule has 1 atom stereocenters. The van der Waals surface area contributed by atoms with Gasteiger partial charge in [0.2, 0.25) is 0 Å². The number of aromatic nitrogens is 2. The molecule has 1 aliphatic rings. The number of nitrogens with two attached hydrogens (primary N) is 1. The average Bonchev–Trinajstić information content (AvgIpc) is 2.61. The Bertz CT molecular complexity index is 652. The van der Waals surface area contributed by atoms with Crippen LogP contribution < -0.4 is 10.5 Å². The minimum absolute atomic E-state index is 0.668. The Labute approximate surface area is 141 Å². The molecule has 1 saturated heterocycles. The van der Waals surface area contributed by atoms with E-state index in [2.05, 4.69) is 14.9 Å². The van der Waals surface area contributed by atoms with Crippen molar-refractivity contribution < 1.29 is 4.74 Å². The fourth-order valence-corrected chi connectivity index (χ4v) is 3.85. The van der Waals surface area contributed by atoms with Gasteiger partial charge in [-0.3, -0.25) is 4.98 Å². The number of fused-ring (bicyclic) bond motifs is 1. The summed E-state index contributed by atoms with van der Waals surface area (Å²) in [4.78, 5) is 11.7. The summed E-state index contributed by atoms with van der Waals surface area (Å²) in [5.41, 5.74) is 7.59. The van der Waals surface area contributed by atoms with Gasteiger partial charge < -0.3 is 15.4 Å². The molecule has 2 N–H and O–H groups in total. The van der Waals surface area contributed by atoms with E-state index < -0.39 is 0 Å². The number of rotatable bonds is 6. The Kier molecular flexibility index (Phi) is 5.70. The van der Waals surface area contributed by atoms with Crippen molar-refractivity contribution in [3.8, 4) is 5.75 Å². The molecule has 6 heteroatoms. The molecule has 1 aromatic carbocycles. The van der Waals surface area contributed by atoms with E-state index in [0.29, 0.717) is 5.92 Å². The van der Waals surface area contributed by atoms with Gasteiger partial charge in [-0.25, -0.2) is 4.98 Å². The van der Waals surface area contributed by atoms with Crippen molar-refractivity contribution in [1.29, 1.82) is 0 Å². The first-order chi connectivity index (χ1) is 11.3. The first-order valence-corrected chi connectivity index (χ1v) is 9.13. The van der Waals surface area contributed by atoms with Gasteiger partial charge in [-0.15, -0.1) is 11.8 Å². The van der Waals surface area contributed by atoms with Crippen LogP contribution in [0.4, 0.5) is 0 Å². The van der Waals surface area contributed by atoms with E-state index in [4.69, 9.17) is 10.5 Å². The van der Waals surface area contributed by atoms with Gasteiger partial charge in [0.1, 0.15) is 10.8 Å². The summed E-state index contributed by atoms with van der Waals surface area (Å²) in [7, 11) is 1.67. The molecular weight excluding hydrogens is 308 g/mol. The number of ether oxygens (including phenoxy) is 1. The molecule has 2 heterocycles. The Morgan fingerprint density at radius 2 is 2.30 bits per heavy atom. The lowest BCUT2D eigenvalue weighted by molar-refractivity contribution is 0.188. The minimum atomic E-state index is 0.668. The normalized spacial score (nSPS) is 19.1. The highest BCUT2D eigenvalue weighted by Crippen LogP contribution is 2.22. The molecule has 1 aromatic heterocycles. The molecule has 5 nitrogen and oxygen atoms in total. The van der Waals surface area contributed by atoms with Gasteiger partial charge >= 0.3 is 0 Å². The van der Waals surface area contributed by atoms with Crippen LogP contribution in [0.2, 0.25) is 0 Å². The van der Waals surface area contributed by atoms with Crippen molar-refractivity contribution in [1.82, 2.24) is 14.9 Å². The molecular formula is C17H24N4OS. The quantitative estimate of drug-likeness (QED) is 0.820.